The molecule has 2 heterocycles. The van der Waals surface area contributed by atoms with Gasteiger partial charge in [0.1, 0.15) is 11.6 Å². The molecule has 1 aromatic carbocycles. The third-order valence-corrected chi connectivity index (χ3v) is 4.23. The van der Waals surface area contributed by atoms with Crippen molar-refractivity contribution in [3.8, 4) is 11.6 Å². The number of piperidine rings is 1. The van der Waals surface area contributed by atoms with Crippen molar-refractivity contribution >= 4 is 12.2 Å². The van der Waals surface area contributed by atoms with Crippen molar-refractivity contribution in [1.29, 1.82) is 0 Å². The van der Waals surface area contributed by atoms with E-state index in [2.05, 4.69) is 4.98 Å². The largest absolute Gasteiger partial charge is 0.465 e. The number of benzene rings is 1. The van der Waals surface area contributed by atoms with Crippen molar-refractivity contribution in [2.24, 2.45) is 0 Å². The molecule has 2 aromatic rings. The zero-order valence-electron chi connectivity index (χ0n) is 14.5. The summed E-state index contributed by atoms with van der Waals surface area (Å²) >= 11 is 0. The van der Waals surface area contributed by atoms with Crippen LogP contribution in [0.4, 0.5) is 22.4 Å². The van der Waals surface area contributed by atoms with Crippen molar-refractivity contribution in [3.63, 3.8) is 0 Å². The summed E-state index contributed by atoms with van der Waals surface area (Å²) in [7, 11) is 0. The number of carboxylic acid groups (broad SMARTS) is 1. The molecular formula is C19H16F4N2O3. The van der Waals surface area contributed by atoms with E-state index in [1.807, 2.05) is 0 Å². The van der Waals surface area contributed by atoms with E-state index in [9.17, 15) is 22.4 Å². The lowest BCUT2D eigenvalue weighted by atomic mass is 10.0. The van der Waals surface area contributed by atoms with Crippen LogP contribution in [0, 0.1) is 5.82 Å². The van der Waals surface area contributed by atoms with Crippen molar-refractivity contribution in [1.82, 2.24) is 9.88 Å². The number of aromatic nitrogens is 1. The number of pyridine rings is 1. The van der Waals surface area contributed by atoms with Crippen LogP contribution in [-0.2, 0) is 6.18 Å². The predicted molar refractivity (Wildman–Crippen MR) is 92.5 cm³/mol. The number of halogens is 4. The second kappa shape index (κ2) is 7.87. The summed E-state index contributed by atoms with van der Waals surface area (Å²) < 4.78 is 57.0. The Morgan fingerprint density at radius 2 is 1.89 bits per heavy atom. The molecule has 9 heteroatoms. The molecule has 148 valence electrons. The lowest BCUT2D eigenvalue weighted by molar-refractivity contribution is -0.137. The highest BCUT2D eigenvalue weighted by Crippen LogP contribution is 2.30. The third-order valence-electron chi connectivity index (χ3n) is 4.23. The standard InChI is InChI=1S/C19H16F4N2O3/c20-15-8-13(7-12-3-5-25(6-4-12)18(26)27)9-16(10-15)28-17-2-1-14(11-24-17)19(21,22)23/h1-2,7-11H,3-6H2,(H,26,27). The minimum absolute atomic E-state index is 0.0908. The highest BCUT2D eigenvalue weighted by atomic mass is 19.4. The molecule has 0 atom stereocenters. The average molecular weight is 396 g/mol. The molecule has 0 unspecified atom stereocenters. The Balaban J connectivity index is 1.73. The fraction of sp³-hybridized carbons (Fsp3) is 0.263. The van der Waals surface area contributed by atoms with Gasteiger partial charge in [-0.15, -0.1) is 0 Å². The Labute approximate surface area is 157 Å². The molecular weight excluding hydrogens is 380 g/mol. The van der Waals surface area contributed by atoms with Crippen LogP contribution in [0.1, 0.15) is 24.0 Å². The highest BCUT2D eigenvalue weighted by molar-refractivity contribution is 5.65. The van der Waals surface area contributed by atoms with Crippen molar-refractivity contribution in [2.45, 2.75) is 19.0 Å². The summed E-state index contributed by atoms with van der Waals surface area (Å²) in [4.78, 5) is 15.8. The van der Waals surface area contributed by atoms with Gasteiger partial charge in [0.2, 0.25) is 5.88 Å². The van der Waals surface area contributed by atoms with Gasteiger partial charge in [0.15, 0.2) is 0 Å². The first-order valence-electron chi connectivity index (χ1n) is 8.40. The molecule has 1 saturated heterocycles. The normalized spacial score (nSPS) is 14.7. The second-order valence-electron chi connectivity index (χ2n) is 6.28. The van der Waals surface area contributed by atoms with E-state index in [0.717, 1.165) is 23.8 Å². The van der Waals surface area contributed by atoms with Crippen LogP contribution in [-0.4, -0.2) is 34.2 Å². The van der Waals surface area contributed by atoms with Gasteiger partial charge < -0.3 is 14.7 Å². The average Bonchev–Trinajstić information content (AvgIpc) is 2.61. The maximum absolute atomic E-state index is 13.9. The Bertz CT molecular complexity index is 885. The fourth-order valence-electron chi connectivity index (χ4n) is 2.82. The topological polar surface area (TPSA) is 62.7 Å². The molecule has 0 spiro atoms. The molecule has 3 rings (SSSR count). The summed E-state index contributed by atoms with van der Waals surface area (Å²) in [5, 5.41) is 8.96. The smallest absolute Gasteiger partial charge is 0.417 e. The molecule has 28 heavy (non-hydrogen) atoms. The first kappa shape index (κ1) is 19.7. The molecule has 0 saturated carbocycles. The van der Waals surface area contributed by atoms with Crippen LogP contribution in [0.2, 0.25) is 0 Å². The van der Waals surface area contributed by atoms with Gasteiger partial charge in [-0.2, -0.15) is 13.2 Å². The Hall–Kier alpha value is -3.10. The summed E-state index contributed by atoms with van der Waals surface area (Å²) in [6.45, 7) is 0.741. The number of ether oxygens (including phenoxy) is 1. The van der Waals surface area contributed by atoms with E-state index in [4.69, 9.17) is 9.84 Å². The zero-order valence-corrected chi connectivity index (χ0v) is 14.5. The highest BCUT2D eigenvalue weighted by Gasteiger charge is 2.30. The van der Waals surface area contributed by atoms with E-state index in [1.165, 1.54) is 11.0 Å². The van der Waals surface area contributed by atoms with Crippen LogP contribution < -0.4 is 4.74 Å². The van der Waals surface area contributed by atoms with Gasteiger partial charge in [-0.1, -0.05) is 11.6 Å². The molecule has 0 aliphatic carbocycles. The Kier molecular flexibility index (Phi) is 5.53. The van der Waals surface area contributed by atoms with E-state index in [0.29, 0.717) is 37.7 Å². The summed E-state index contributed by atoms with van der Waals surface area (Å²) in [5.74, 6) is -0.562. The number of carbonyl (C=O) groups is 1. The Morgan fingerprint density at radius 1 is 1.18 bits per heavy atom. The lowest BCUT2D eigenvalue weighted by Crippen LogP contribution is -2.35. The monoisotopic (exact) mass is 396 g/mol. The van der Waals surface area contributed by atoms with Crippen LogP contribution in [0.3, 0.4) is 0 Å². The molecule has 0 bridgehead atoms. The van der Waals surface area contributed by atoms with Gasteiger partial charge >= 0.3 is 12.3 Å². The summed E-state index contributed by atoms with van der Waals surface area (Å²) in [6, 6.07) is 5.84. The fourth-order valence-corrected chi connectivity index (χ4v) is 2.82. The second-order valence-corrected chi connectivity index (χ2v) is 6.28. The van der Waals surface area contributed by atoms with E-state index in [1.54, 1.807) is 12.1 Å². The van der Waals surface area contributed by atoms with Crippen molar-refractivity contribution in [2.75, 3.05) is 13.1 Å². The molecule has 1 N–H and O–H groups in total. The lowest BCUT2D eigenvalue weighted by Gasteiger charge is -2.25. The third kappa shape index (κ3) is 4.99. The van der Waals surface area contributed by atoms with Gasteiger partial charge in [0.05, 0.1) is 5.56 Å². The van der Waals surface area contributed by atoms with Crippen LogP contribution >= 0.6 is 0 Å². The number of hydrogen-bond donors (Lipinski definition) is 1. The minimum Gasteiger partial charge on any atom is -0.465 e. The van der Waals surface area contributed by atoms with Crippen LogP contribution in [0.15, 0.2) is 42.1 Å². The van der Waals surface area contributed by atoms with E-state index < -0.39 is 23.7 Å². The zero-order chi connectivity index (χ0) is 20.3. The van der Waals surface area contributed by atoms with Gasteiger partial charge in [0, 0.05) is 31.4 Å². The predicted octanol–water partition coefficient (Wildman–Crippen LogP) is 5.19. The number of alkyl halides is 3. The number of amides is 1. The van der Waals surface area contributed by atoms with Crippen molar-refractivity contribution in [3.05, 3.63) is 59.0 Å². The molecule has 0 radical (unpaired) electrons. The minimum atomic E-state index is -4.50. The van der Waals surface area contributed by atoms with Gasteiger partial charge in [-0.05, 0) is 36.6 Å². The molecule has 1 aromatic heterocycles. The number of likely N-dealkylation sites (tertiary alicyclic amines) is 1. The molecule has 1 aliphatic heterocycles. The molecule has 5 nitrogen and oxygen atoms in total. The van der Waals surface area contributed by atoms with Gasteiger partial charge in [-0.3, -0.25) is 0 Å². The first-order valence-corrected chi connectivity index (χ1v) is 8.40. The van der Waals surface area contributed by atoms with Crippen LogP contribution in [0.25, 0.3) is 6.08 Å². The molecule has 1 fully saturated rings. The maximum atomic E-state index is 13.9. The first-order chi connectivity index (χ1) is 13.2. The van der Waals surface area contributed by atoms with Crippen molar-refractivity contribution < 1.29 is 32.2 Å². The van der Waals surface area contributed by atoms with Gasteiger partial charge in [-0.25, -0.2) is 14.2 Å². The SMILES string of the molecule is O=C(O)N1CCC(=Cc2cc(F)cc(Oc3ccc(C(F)(F)F)cn3)c2)CC1. The summed E-state index contributed by atoms with van der Waals surface area (Å²) in [5.41, 5.74) is 0.583. The summed E-state index contributed by atoms with van der Waals surface area (Å²) in [6.07, 6.45) is -1.98. The van der Waals surface area contributed by atoms with Gasteiger partial charge in [0.25, 0.3) is 0 Å². The van der Waals surface area contributed by atoms with Crippen LogP contribution in [0.5, 0.6) is 11.6 Å². The molecule has 1 aliphatic rings. The number of rotatable bonds is 3. The Morgan fingerprint density at radius 3 is 2.46 bits per heavy atom. The number of hydrogen-bond acceptors (Lipinski definition) is 3. The maximum Gasteiger partial charge on any atom is 0.417 e. The quantitative estimate of drug-likeness (QED) is 0.726. The van der Waals surface area contributed by atoms with E-state index in [-0.39, 0.29) is 11.6 Å². The number of nitrogens with zero attached hydrogens (tertiary/aromatic N) is 2. The molecule has 1 amide bonds. The van der Waals surface area contributed by atoms with E-state index >= 15 is 0 Å².